The van der Waals surface area contributed by atoms with Crippen LogP contribution in [0.1, 0.15) is 44.1 Å². The van der Waals surface area contributed by atoms with E-state index >= 15 is 0 Å². The highest BCUT2D eigenvalue weighted by Gasteiger charge is 2.42. The summed E-state index contributed by atoms with van der Waals surface area (Å²) in [5.41, 5.74) is 0.841. The molecule has 122 valence electrons. The molecule has 0 atom stereocenters. The molecule has 1 heterocycles. The van der Waals surface area contributed by atoms with E-state index in [0.29, 0.717) is 11.3 Å². The van der Waals surface area contributed by atoms with Crippen LogP contribution in [0, 0.1) is 0 Å². The van der Waals surface area contributed by atoms with Crippen LogP contribution in [0.2, 0.25) is 0 Å². The molecule has 1 fully saturated rings. The van der Waals surface area contributed by atoms with Gasteiger partial charge in [-0.3, -0.25) is 14.5 Å². The van der Waals surface area contributed by atoms with Gasteiger partial charge in [-0.05, 0) is 18.9 Å². The Morgan fingerprint density at radius 2 is 1.70 bits per heavy atom. The lowest BCUT2D eigenvalue weighted by molar-refractivity contribution is -0.139. The second kappa shape index (κ2) is 6.75. The molecule has 0 saturated heterocycles. The van der Waals surface area contributed by atoms with Crippen LogP contribution in [0.4, 0.5) is 0 Å². The van der Waals surface area contributed by atoms with E-state index in [9.17, 15) is 9.59 Å². The van der Waals surface area contributed by atoms with Crippen molar-refractivity contribution < 1.29 is 14.3 Å². The molecule has 23 heavy (non-hydrogen) atoms. The largest absolute Gasteiger partial charge is 0.496 e. The van der Waals surface area contributed by atoms with E-state index < -0.39 is 0 Å². The third kappa shape index (κ3) is 2.88. The Labute approximate surface area is 141 Å². The van der Waals surface area contributed by atoms with Gasteiger partial charge in [0, 0.05) is 11.6 Å². The minimum absolute atomic E-state index is 0.00347. The van der Waals surface area contributed by atoms with Crippen LogP contribution in [-0.4, -0.2) is 29.9 Å². The van der Waals surface area contributed by atoms with Crippen molar-refractivity contribution in [3.05, 3.63) is 34.9 Å². The number of hydrogen-bond donors (Lipinski definition) is 0. The molecule has 1 saturated carbocycles. The zero-order valence-electron chi connectivity index (χ0n) is 13.2. The SMILES string of the molecule is COc1ccccc1C1=C(Cl)C(=O)N(C2CCCCCC2)C1=O. The normalized spacial score (nSPS) is 20.2. The van der Waals surface area contributed by atoms with Gasteiger partial charge in [0.25, 0.3) is 11.8 Å². The quantitative estimate of drug-likeness (QED) is 0.625. The van der Waals surface area contributed by atoms with Crippen LogP contribution in [0.3, 0.4) is 0 Å². The van der Waals surface area contributed by atoms with Crippen LogP contribution in [0.25, 0.3) is 5.57 Å². The van der Waals surface area contributed by atoms with Crippen molar-refractivity contribution in [2.45, 2.75) is 44.6 Å². The molecule has 2 amide bonds. The molecule has 0 bridgehead atoms. The number of benzene rings is 1. The molecular formula is C18H20ClNO3. The van der Waals surface area contributed by atoms with E-state index in [0.717, 1.165) is 38.5 Å². The minimum atomic E-state index is -0.371. The van der Waals surface area contributed by atoms with E-state index in [1.807, 2.05) is 6.07 Å². The van der Waals surface area contributed by atoms with Gasteiger partial charge < -0.3 is 4.74 Å². The molecule has 1 aromatic rings. The van der Waals surface area contributed by atoms with Crippen LogP contribution < -0.4 is 4.74 Å². The number of para-hydroxylation sites is 1. The standard InChI is InChI=1S/C18H20ClNO3/c1-23-14-11-7-6-10-13(14)15-16(19)18(22)20(17(15)21)12-8-4-2-3-5-9-12/h6-7,10-12H,2-5,8-9H2,1H3. The average molecular weight is 334 g/mol. The highest BCUT2D eigenvalue weighted by molar-refractivity contribution is 6.55. The second-order valence-electron chi connectivity index (χ2n) is 6.01. The topological polar surface area (TPSA) is 46.6 Å². The summed E-state index contributed by atoms with van der Waals surface area (Å²) >= 11 is 6.25. The smallest absolute Gasteiger partial charge is 0.273 e. The fraction of sp³-hybridized carbons (Fsp3) is 0.444. The molecule has 2 aliphatic rings. The van der Waals surface area contributed by atoms with Crippen molar-refractivity contribution >= 4 is 29.0 Å². The van der Waals surface area contributed by atoms with Crippen LogP contribution in [0.15, 0.2) is 29.3 Å². The molecule has 0 unspecified atom stereocenters. The first-order valence-corrected chi connectivity index (χ1v) is 8.44. The zero-order chi connectivity index (χ0) is 16.4. The summed E-state index contributed by atoms with van der Waals surface area (Å²) in [7, 11) is 1.54. The number of carbonyl (C=O) groups is 2. The van der Waals surface area contributed by atoms with Gasteiger partial charge in [-0.1, -0.05) is 55.5 Å². The first-order valence-electron chi connectivity index (χ1n) is 8.06. The summed E-state index contributed by atoms with van der Waals surface area (Å²) in [6, 6.07) is 7.11. The molecule has 0 aromatic heterocycles. The van der Waals surface area contributed by atoms with Crippen molar-refractivity contribution in [3.8, 4) is 5.75 Å². The minimum Gasteiger partial charge on any atom is -0.496 e. The molecular weight excluding hydrogens is 314 g/mol. The third-order valence-corrected chi connectivity index (χ3v) is 4.98. The molecule has 5 heteroatoms. The van der Waals surface area contributed by atoms with Gasteiger partial charge in [0.1, 0.15) is 10.8 Å². The lowest BCUT2D eigenvalue weighted by atomic mass is 10.0. The second-order valence-corrected chi connectivity index (χ2v) is 6.39. The van der Waals surface area contributed by atoms with Gasteiger partial charge in [0.2, 0.25) is 0 Å². The van der Waals surface area contributed by atoms with Crippen molar-refractivity contribution in [1.29, 1.82) is 0 Å². The average Bonchev–Trinajstić information content (AvgIpc) is 2.77. The summed E-state index contributed by atoms with van der Waals surface area (Å²) < 4.78 is 5.32. The zero-order valence-corrected chi connectivity index (χ0v) is 13.9. The number of hydrogen-bond acceptors (Lipinski definition) is 3. The number of halogens is 1. The summed E-state index contributed by atoms with van der Waals surface area (Å²) in [5, 5.41) is 0.00347. The Bertz CT molecular complexity index is 660. The number of ether oxygens (including phenoxy) is 1. The summed E-state index contributed by atoms with van der Waals surface area (Å²) in [5.74, 6) is -0.120. The van der Waals surface area contributed by atoms with E-state index in [4.69, 9.17) is 16.3 Å². The molecule has 0 radical (unpaired) electrons. The van der Waals surface area contributed by atoms with Crippen LogP contribution in [-0.2, 0) is 9.59 Å². The lowest BCUT2D eigenvalue weighted by Gasteiger charge is -2.25. The number of methoxy groups -OCH3 is 1. The fourth-order valence-electron chi connectivity index (χ4n) is 3.45. The van der Waals surface area contributed by atoms with Crippen molar-refractivity contribution in [2.24, 2.45) is 0 Å². The summed E-state index contributed by atoms with van der Waals surface area (Å²) in [6.45, 7) is 0. The van der Waals surface area contributed by atoms with Gasteiger partial charge in [-0.2, -0.15) is 0 Å². The first-order chi connectivity index (χ1) is 11.1. The fourth-order valence-corrected chi connectivity index (χ4v) is 3.73. The summed E-state index contributed by atoms with van der Waals surface area (Å²) in [6.07, 6.45) is 6.13. The highest BCUT2D eigenvalue weighted by Crippen LogP contribution is 2.38. The Balaban J connectivity index is 1.96. The number of rotatable bonds is 3. The molecule has 4 nitrogen and oxygen atoms in total. The highest BCUT2D eigenvalue weighted by atomic mass is 35.5. The maximum absolute atomic E-state index is 12.9. The predicted molar refractivity (Wildman–Crippen MR) is 89.1 cm³/mol. The first kappa shape index (κ1) is 16.1. The Kier molecular flexibility index (Phi) is 4.71. The third-order valence-electron chi connectivity index (χ3n) is 4.62. The molecule has 3 rings (SSSR count). The number of imide groups is 1. The maximum Gasteiger partial charge on any atom is 0.273 e. The van der Waals surface area contributed by atoms with Crippen molar-refractivity contribution in [2.75, 3.05) is 7.11 Å². The number of nitrogens with zero attached hydrogens (tertiary/aromatic N) is 1. The maximum atomic E-state index is 12.9. The van der Waals surface area contributed by atoms with E-state index in [1.165, 1.54) is 12.0 Å². The van der Waals surface area contributed by atoms with E-state index in [2.05, 4.69) is 0 Å². The number of carbonyl (C=O) groups excluding carboxylic acids is 2. The molecule has 0 N–H and O–H groups in total. The number of amides is 2. The Morgan fingerprint density at radius 3 is 2.35 bits per heavy atom. The predicted octanol–water partition coefficient (Wildman–Crippen LogP) is 3.74. The molecule has 0 spiro atoms. The lowest BCUT2D eigenvalue weighted by Crippen LogP contribution is -2.40. The molecule has 1 aliphatic carbocycles. The summed E-state index contributed by atoms with van der Waals surface area (Å²) in [4.78, 5) is 26.9. The van der Waals surface area contributed by atoms with Crippen molar-refractivity contribution in [3.63, 3.8) is 0 Å². The Morgan fingerprint density at radius 1 is 1.04 bits per heavy atom. The van der Waals surface area contributed by atoms with Crippen molar-refractivity contribution in [1.82, 2.24) is 4.90 Å². The molecule has 1 aromatic carbocycles. The monoisotopic (exact) mass is 333 g/mol. The van der Waals surface area contributed by atoms with E-state index in [1.54, 1.807) is 18.2 Å². The van der Waals surface area contributed by atoms with Gasteiger partial charge in [-0.25, -0.2) is 0 Å². The van der Waals surface area contributed by atoms with Gasteiger partial charge in [-0.15, -0.1) is 0 Å². The van der Waals surface area contributed by atoms with Gasteiger partial charge in [0.05, 0.1) is 12.7 Å². The van der Waals surface area contributed by atoms with Gasteiger partial charge in [0.15, 0.2) is 0 Å². The van der Waals surface area contributed by atoms with Gasteiger partial charge >= 0.3 is 0 Å². The van der Waals surface area contributed by atoms with Crippen LogP contribution in [0.5, 0.6) is 5.75 Å². The molecule has 1 aliphatic heterocycles. The van der Waals surface area contributed by atoms with Crippen LogP contribution >= 0.6 is 11.6 Å². The van der Waals surface area contributed by atoms with E-state index in [-0.39, 0.29) is 28.5 Å². The Hall–Kier alpha value is -1.81.